The van der Waals surface area contributed by atoms with Gasteiger partial charge in [-0.05, 0) is 18.4 Å². The lowest BCUT2D eigenvalue weighted by molar-refractivity contribution is 0.253. The summed E-state index contributed by atoms with van der Waals surface area (Å²) in [6.07, 6.45) is 6.20. The van der Waals surface area contributed by atoms with E-state index in [9.17, 15) is 16.8 Å². The Bertz CT molecular complexity index is 971. The first-order valence-electron chi connectivity index (χ1n) is 8.78. The quantitative estimate of drug-likeness (QED) is 0.732. The van der Waals surface area contributed by atoms with Gasteiger partial charge in [0.15, 0.2) is 0 Å². The third-order valence-corrected chi connectivity index (χ3v) is 7.15. The third kappa shape index (κ3) is 5.16. The number of rotatable bonds is 7. The third-order valence-electron chi connectivity index (χ3n) is 4.56. The molecule has 0 amide bonds. The summed E-state index contributed by atoms with van der Waals surface area (Å²) in [4.78, 5) is 0.129. The normalized spacial score (nSPS) is 19.2. The van der Waals surface area contributed by atoms with Crippen LogP contribution in [0.5, 0.6) is 0 Å². The Morgan fingerprint density at radius 1 is 1.15 bits per heavy atom. The van der Waals surface area contributed by atoms with Gasteiger partial charge >= 0.3 is 0 Å². The van der Waals surface area contributed by atoms with Crippen molar-refractivity contribution in [2.75, 3.05) is 19.3 Å². The van der Waals surface area contributed by atoms with Crippen LogP contribution in [0.4, 0.5) is 0 Å². The largest absolute Gasteiger partial charge is 0.267 e. The molecular formula is C17H24N4O4S2. The zero-order valence-electron chi connectivity index (χ0n) is 15.2. The first-order chi connectivity index (χ1) is 12.8. The topological polar surface area (TPSA) is 101 Å². The molecule has 0 radical (unpaired) electrons. The number of nitrogens with one attached hydrogen (secondary N) is 1. The van der Waals surface area contributed by atoms with Crippen molar-refractivity contribution in [2.45, 2.75) is 36.7 Å². The Morgan fingerprint density at radius 2 is 1.89 bits per heavy atom. The van der Waals surface area contributed by atoms with E-state index < -0.39 is 26.1 Å². The van der Waals surface area contributed by atoms with Crippen molar-refractivity contribution < 1.29 is 16.8 Å². The fourth-order valence-corrected chi connectivity index (χ4v) is 5.36. The number of sulfonamides is 2. The highest BCUT2D eigenvalue weighted by atomic mass is 32.2. The molecule has 2 heterocycles. The molecule has 0 aliphatic carbocycles. The predicted molar refractivity (Wildman–Crippen MR) is 102 cm³/mol. The number of aromatic nitrogens is 2. The Kier molecular flexibility index (Phi) is 5.99. The van der Waals surface area contributed by atoms with E-state index >= 15 is 0 Å². The Labute approximate surface area is 160 Å². The molecule has 1 saturated heterocycles. The van der Waals surface area contributed by atoms with Gasteiger partial charge < -0.3 is 0 Å². The van der Waals surface area contributed by atoms with Crippen molar-refractivity contribution in [1.82, 2.24) is 18.8 Å². The first-order valence-corrected chi connectivity index (χ1v) is 12.1. The average Bonchev–Trinajstić information content (AvgIpc) is 3.10. The molecule has 0 saturated carbocycles. The predicted octanol–water partition coefficient (Wildman–Crippen LogP) is 1.02. The summed E-state index contributed by atoms with van der Waals surface area (Å²) >= 11 is 0. The summed E-state index contributed by atoms with van der Waals surface area (Å²) in [7, 11) is -7.11. The van der Waals surface area contributed by atoms with E-state index in [1.54, 1.807) is 4.68 Å². The van der Waals surface area contributed by atoms with Gasteiger partial charge in [-0.15, -0.1) is 0 Å². The maximum atomic E-state index is 13.1. The molecule has 1 aliphatic rings. The zero-order chi connectivity index (χ0) is 19.5. The number of piperidine rings is 1. The second-order valence-corrected chi connectivity index (χ2v) is 10.5. The van der Waals surface area contributed by atoms with Gasteiger partial charge in [-0.1, -0.05) is 36.8 Å². The van der Waals surface area contributed by atoms with Crippen molar-refractivity contribution >= 4 is 20.0 Å². The summed E-state index contributed by atoms with van der Waals surface area (Å²) in [6, 6.07) is 9.27. The van der Waals surface area contributed by atoms with E-state index in [0.717, 1.165) is 24.7 Å². The van der Waals surface area contributed by atoms with Crippen LogP contribution in [0.3, 0.4) is 0 Å². The molecule has 10 heteroatoms. The molecule has 27 heavy (non-hydrogen) atoms. The van der Waals surface area contributed by atoms with Crippen LogP contribution in [0.15, 0.2) is 47.6 Å². The van der Waals surface area contributed by atoms with Gasteiger partial charge in [0.1, 0.15) is 4.90 Å². The minimum Gasteiger partial charge on any atom is -0.267 e. The van der Waals surface area contributed by atoms with Gasteiger partial charge in [-0.2, -0.15) is 9.40 Å². The molecule has 1 unspecified atom stereocenters. The molecular weight excluding hydrogens is 388 g/mol. The second kappa shape index (κ2) is 8.09. The van der Waals surface area contributed by atoms with Crippen LogP contribution in [0, 0.1) is 0 Å². The molecule has 8 nitrogen and oxygen atoms in total. The zero-order valence-corrected chi connectivity index (χ0v) is 16.8. The maximum Gasteiger partial charge on any atom is 0.246 e. The van der Waals surface area contributed by atoms with Crippen molar-refractivity contribution in [2.24, 2.45) is 0 Å². The summed E-state index contributed by atoms with van der Waals surface area (Å²) in [5, 5.41) is 4.18. The summed E-state index contributed by atoms with van der Waals surface area (Å²) in [5.74, 6) is 0. The van der Waals surface area contributed by atoms with Gasteiger partial charge in [-0.3, -0.25) is 4.68 Å². The highest BCUT2D eigenvalue weighted by Crippen LogP contribution is 2.25. The molecule has 1 N–H and O–H groups in total. The van der Waals surface area contributed by atoms with Crippen LogP contribution in [-0.2, 0) is 26.6 Å². The molecule has 3 rings (SSSR count). The Balaban J connectivity index is 1.77. The van der Waals surface area contributed by atoms with E-state index in [2.05, 4.69) is 9.82 Å². The second-order valence-electron chi connectivity index (χ2n) is 6.75. The average molecular weight is 413 g/mol. The smallest absolute Gasteiger partial charge is 0.246 e. The molecule has 1 aliphatic heterocycles. The lowest BCUT2D eigenvalue weighted by Gasteiger charge is -2.34. The van der Waals surface area contributed by atoms with Crippen molar-refractivity contribution in [1.29, 1.82) is 0 Å². The van der Waals surface area contributed by atoms with E-state index in [4.69, 9.17) is 0 Å². The fraction of sp³-hybridized carbons (Fsp3) is 0.471. The summed E-state index contributed by atoms with van der Waals surface area (Å²) in [6.45, 7) is 0.938. The molecule has 0 bridgehead atoms. The fourth-order valence-electron chi connectivity index (χ4n) is 3.21. The maximum absolute atomic E-state index is 13.1. The van der Waals surface area contributed by atoms with Crippen LogP contribution in [0.1, 0.15) is 24.8 Å². The van der Waals surface area contributed by atoms with Crippen molar-refractivity contribution in [3.8, 4) is 0 Å². The van der Waals surface area contributed by atoms with E-state index in [1.807, 2.05) is 30.3 Å². The molecule has 1 fully saturated rings. The summed E-state index contributed by atoms with van der Waals surface area (Å²) < 4.78 is 54.4. The number of benzene rings is 1. The van der Waals surface area contributed by atoms with Crippen LogP contribution >= 0.6 is 0 Å². The van der Waals surface area contributed by atoms with Crippen molar-refractivity contribution in [3.63, 3.8) is 0 Å². The number of hydrogen-bond donors (Lipinski definition) is 1. The molecule has 0 spiro atoms. The Morgan fingerprint density at radius 3 is 2.59 bits per heavy atom. The van der Waals surface area contributed by atoms with Gasteiger partial charge in [0, 0.05) is 25.3 Å². The van der Waals surface area contributed by atoms with Crippen LogP contribution in [0.2, 0.25) is 0 Å². The molecule has 148 valence electrons. The minimum absolute atomic E-state index is 0.0796. The van der Waals surface area contributed by atoms with Gasteiger partial charge in [0.25, 0.3) is 0 Å². The lowest BCUT2D eigenvalue weighted by atomic mass is 10.1. The van der Waals surface area contributed by atoms with E-state index in [-0.39, 0.29) is 11.4 Å². The van der Waals surface area contributed by atoms with E-state index in [0.29, 0.717) is 19.5 Å². The highest BCUT2D eigenvalue weighted by Gasteiger charge is 2.34. The number of hydrogen-bond acceptors (Lipinski definition) is 5. The molecule has 1 aromatic heterocycles. The molecule has 1 atom stereocenters. The van der Waals surface area contributed by atoms with Gasteiger partial charge in [0.05, 0.1) is 19.0 Å². The van der Waals surface area contributed by atoms with E-state index in [1.165, 1.54) is 16.7 Å². The first kappa shape index (κ1) is 20.0. The lowest BCUT2D eigenvalue weighted by Crippen LogP contribution is -2.49. The van der Waals surface area contributed by atoms with Crippen LogP contribution in [-0.4, -0.2) is 56.3 Å². The van der Waals surface area contributed by atoms with Crippen LogP contribution in [0.25, 0.3) is 0 Å². The van der Waals surface area contributed by atoms with Gasteiger partial charge in [0.2, 0.25) is 20.0 Å². The molecule has 2 aromatic rings. The highest BCUT2D eigenvalue weighted by molar-refractivity contribution is 7.89. The Hall–Kier alpha value is -1.75. The van der Waals surface area contributed by atoms with Crippen LogP contribution < -0.4 is 4.72 Å². The van der Waals surface area contributed by atoms with Gasteiger partial charge in [-0.25, -0.2) is 21.6 Å². The SMILES string of the molecule is CS(=O)(=O)NCC1CCCCN1S(=O)(=O)c1cnn(Cc2ccccc2)c1. The summed E-state index contributed by atoms with van der Waals surface area (Å²) in [5.41, 5.74) is 1.03. The monoisotopic (exact) mass is 412 g/mol. The molecule has 1 aromatic carbocycles. The van der Waals surface area contributed by atoms with Crippen molar-refractivity contribution in [3.05, 3.63) is 48.3 Å². The standard InChI is InChI=1S/C17H24N4O4S2/c1-26(22,23)19-11-16-9-5-6-10-21(16)27(24,25)17-12-18-20(14-17)13-15-7-3-2-4-8-15/h2-4,7-8,12,14,16,19H,5-6,9-11,13H2,1H3. The number of nitrogens with zero attached hydrogens (tertiary/aromatic N) is 3. The minimum atomic E-state index is -3.74.